The Morgan fingerprint density at radius 1 is 1.25 bits per heavy atom. The molecule has 0 aliphatic heterocycles. The number of carbonyl (C=O) groups excluding carboxylic acids is 1. The Kier molecular flexibility index (Phi) is 5.02. The molecule has 0 amide bonds. The molecule has 0 unspecified atom stereocenters. The van der Waals surface area contributed by atoms with E-state index in [4.69, 9.17) is 4.74 Å². The first-order valence-electron chi connectivity index (χ1n) is 5.77. The van der Waals surface area contributed by atoms with Gasteiger partial charge >= 0.3 is 12.1 Å². The van der Waals surface area contributed by atoms with Crippen LogP contribution in [0.3, 0.4) is 0 Å². The van der Waals surface area contributed by atoms with Gasteiger partial charge in [-0.05, 0) is 44.5 Å². The molecule has 0 aliphatic carbocycles. The van der Waals surface area contributed by atoms with E-state index in [2.05, 4.69) is 15.9 Å². The molecule has 0 saturated heterocycles. The molecule has 0 bridgehead atoms. The van der Waals surface area contributed by atoms with Gasteiger partial charge in [-0.15, -0.1) is 0 Å². The summed E-state index contributed by atoms with van der Waals surface area (Å²) in [5, 5.41) is 0. The summed E-state index contributed by atoms with van der Waals surface area (Å²) in [5.74, 6) is -0.687. The minimum absolute atomic E-state index is 0.0911. The predicted octanol–water partition coefficient (Wildman–Crippen LogP) is 4.82. The second-order valence-electron chi connectivity index (χ2n) is 5.10. The zero-order valence-electron chi connectivity index (χ0n) is 11.2. The van der Waals surface area contributed by atoms with Gasteiger partial charge < -0.3 is 4.74 Å². The van der Waals surface area contributed by atoms with E-state index in [-0.39, 0.29) is 5.56 Å². The van der Waals surface area contributed by atoms with E-state index in [0.717, 1.165) is 18.2 Å². The monoisotopic (exact) mass is 350 g/mol. The standard InChI is InChI=1S/C14H14BrF3O2/c1-13(2,3)20-12(19)7-5-9-4-6-10(15)8-11(9)14(16,17)18/h4-8H,1-3H3/b7-5+. The fourth-order valence-electron chi connectivity index (χ4n) is 1.41. The number of hydrogen-bond donors (Lipinski definition) is 0. The first-order chi connectivity index (χ1) is 8.99. The molecule has 0 heterocycles. The van der Waals surface area contributed by atoms with Gasteiger partial charge in [-0.1, -0.05) is 22.0 Å². The summed E-state index contributed by atoms with van der Waals surface area (Å²) >= 11 is 2.99. The van der Waals surface area contributed by atoms with E-state index >= 15 is 0 Å². The summed E-state index contributed by atoms with van der Waals surface area (Å²) in [5.41, 5.74) is -1.59. The van der Waals surface area contributed by atoms with Gasteiger partial charge in [0.15, 0.2) is 0 Å². The Morgan fingerprint density at radius 3 is 2.35 bits per heavy atom. The molecule has 1 aromatic rings. The van der Waals surface area contributed by atoms with Crippen LogP contribution in [0, 0.1) is 0 Å². The zero-order valence-corrected chi connectivity index (χ0v) is 12.8. The maximum atomic E-state index is 12.9. The van der Waals surface area contributed by atoms with Crippen LogP contribution in [0.25, 0.3) is 6.08 Å². The van der Waals surface area contributed by atoms with Crippen molar-refractivity contribution in [3.63, 3.8) is 0 Å². The van der Waals surface area contributed by atoms with Crippen molar-refractivity contribution in [2.75, 3.05) is 0 Å². The molecule has 2 nitrogen and oxygen atoms in total. The van der Waals surface area contributed by atoms with Crippen LogP contribution >= 0.6 is 15.9 Å². The van der Waals surface area contributed by atoms with Crippen LogP contribution in [0.15, 0.2) is 28.7 Å². The number of benzene rings is 1. The Bertz CT molecular complexity index is 528. The second-order valence-corrected chi connectivity index (χ2v) is 6.01. The number of ether oxygens (including phenoxy) is 1. The smallest absolute Gasteiger partial charge is 0.417 e. The normalized spacial score (nSPS) is 12.8. The highest BCUT2D eigenvalue weighted by Gasteiger charge is 2.32. The molecule has 1 rings (SSSR count). The average molecular weight is 351 g/mol. The van der Waals surface area contributed by atoms with E-state index in [1.54, 1.807) is 20.8 Å². The molecular weight excluding hydrogens is 337 g/mol. The molecule has 1 aromatic carbocycles. The first kappa shape index (κ1) is 16.8. The number of halogens is 4. The molecule has 110 valence electrons. The lowest BCUT2D eigenvalue weighted by molar-refractivity contribution is -0.148. The topological polar surface area (TPSA) is 26.3 Å². The number of hydrogen-bond acceptors (Lipinski definition) is 2. The van der Waals surface area contributed by atoms with Gasteiger partial charge in [0.25, 0.3) is 0 Å². The zero-order chi connectivity index (χ0) is 15.6. The third kappa shape index (κ3) is 5.36. The Hall–Kier alpha value is -1.30. The van der Waals surface area contributed by atoms with E-state index in [1.807, 2.05) is 0 Å². The Labute approximate surface area is 123 Å². The van der Waals surface area contributed by atoms with E-state index in [0.29, 0.717) is 4.47 Å². The minimum Gasteiger partial charge on any atom is -0.457 e. The molecule has 0 N–H and O–H groups in total. The van der Waals surface area contributed by atoms with Gasteiger partial charge in [0.1, 0.15) is 5.60 Å². The van der Waals surface area contributed by atoms with E-state index < -0.39 is 23.3 Å². The van der Waals surface area contributed by atoms with Gasteiger partial charge in [0.05, 0.1) is 5.56 Å². The van der Waals surface area contributed by atoms with Gasteiger partial charge in [-0.25, -0.2) is 4.79 Å². The SMILES string of the molecule is CC(C)(C)OC(=O)/C=C/c1ccc(Br)cc1C(F)(F)F. The Morgan fingerprint density at radius 2 is 1.85 bits per heavy atom. The number of rotatable bonds is 2. The third-order valence-electron chi connectivity index (χ3n) is 2.13. The molecule has 0 atom stereocenters. The highest BCUT2D eigenvalue weighted by atomic mass is 79.9. The average Bonchev–Trinajstić information content (AvgIpc) is 2.23. The van der Waals surface area contributed by atoms with Crippen LogP contribution in [0.1, 0.15) is 31.9 Å². The molecule has 20 heavy (non-hydrogen) atoms. The lowest BCUT2D eigenvalue weighted by atomic mass is 10.1. The summed E-state index contributed by atoms with van der Waals surface area (Å²) in [7, 11) is 0. The maximum Gasteiger partial charge on any atom is 0.417 e. The molecular formula is C14H14BrF3O2. The van der Waals surface area contributed by atoms with Gasteiger partial charge in [-0.3, -0.25) is 0 Å². The van der Waals surface area contributed by atoms with Crippen molar-refractivity contribution >= 4 is 28.0 Å². The third-order valence-corrected chi connectivity index (χ3v) is 2.62. The first-order valence-corrected chi connectivity index (χ1v) is 6.56. The van der Waals surface area contributed by atoms with Crippen molar-refractivity contribution in [1.29, 1.82) is 0 Å². The highest BCUT2D eigenvalue weighted by molar-refractivity contribution is 9.10. The summed E-state index contributed by atoms with van der Waals surface area (Å²) in [6, 6.07) is 3.73. The predicted molar refractivity (Wildman–Crippen MR) is 74.0 cm³/mol. The minimum atomic E-state index is -4.49. The van der Waals surface area contributed by atoms with Crippen molar-refractivity contribution in [2.24, 2.45) is 0 Å². The molecule has 0 fully saturated rings. The van der Waals surface area contributed by atoms with Crippen LogP contribution in [0.4, 0.5) is 13.2 Å². The van der Waals surface area contributed by atoms with Crippen molar-refractivity contribution in [2.45, 2.75) is 32.5 Å². The molecule has 0 aromatic heterocycles. The summed E-state index contributed by atoms with van der Waals surface area (Å²) in [6.07, 6.45) is -2.40. The quantitative estimate of drug-likeness (QED) is 0.564. The van der Waals surface area contributed by atoms with E-state index in [9.17, 15) is 18.0 Å². The molecule has 0 aliphatic rings. The van der Waals surface area contributed by atoms with Gasteiger partial charge in [0, 0.05) is 10.5 Å². The van der Waals surface area contributed by atoms with Gasteiger partial charge in [-0.2, -0.15) is 13.2 Å². The lowest BCUT2D eigenvalue weighted by Gasteiger charge is -2.18. The highest BCUT2D eigenvalue weighted by Crippen LogP contribution is 2.34. The fraction of sp³-hybridized carbons (Fsp3) is 0.357. The lowest BCUT2D eigenvalue weighted by Crippen LogP contribution is -2.22. The molecule has 0 saturated carbocycles. The maximum absolute atomic E-state index is 12.9. The van der Waals surface area contributed by atoms with E-state index in [1.165, 1.54) is 12.1 Å². The molecule has 6 heteroatoms. The van der Waals surface area contributed by atoms with Crippen LogP contribution in [0.2, 0.25) is 0 Å². The van der Waals surface area contributed by atoms with Crippen LogP contribution in [-0.2, 0) is 15.7 Å². The van der Waals surface area contributed by atoms with Crippen molar-refractivity contribution in [1.82, 2.24) is 0 Å². The van der Waals surface area contributed by atoms with Crippen molar-refractivity contribution in [3.8, 4) is 0 Å². The number of carbonyl (C=O) groups is 1. The molecule has 0 radical (unpaired) electrons. The second kappa shape index (κ2) is 5.99. The Balaban J connectivity index is 3.01. The molecule has 0 spiro atoms. The van der Waals surface area contributed by atoms with Gasteiger partial charge in [0.2, 0.25) is 0 Å². The number of esters is 1. The number of alkyl halides is 3. The largest absolute Gasteiger partial charge is 0.457 e. The van der Waals surface area contributed by atoms with Crippen molar-refractivity contribution in [3.05, 3.63) is 39.9 Å². The van der Waals surface area contributed by atoms with Crippen LogP contribution in [-0.4, -0.2) is 11.6 Å². The van der Waals surface area contributed by atoms with Crippen LogP contribution in [0.5, 0.6) is 0 Å². The fourth-order valence-corrected chi connectivity index (χ4v) is 1.77. The summed E-state index contributed by atoms with van der Waals surface area (Å²) < 4.78 is 43.9. The van der Waals surface area contributed by atoms with Crippen molar-refractivity contribution < 1.29 is 22.7 Å². The summed E-state index contributed by atoms with van der Waals surface area (Å²) in [6.45, 7) is 5.04. The van der Waals surface area contributed by atoms with Crippen LogP contribution < -0.4 is 0 Å². The summed E-state index contributed by atoms with van der Waals surface area (Å²) in [4.78, 5) is 11.5.